The van der Waals surface area contributed by atoms with Gasteiger partial charge in [-0.05, 0) is 67.4 Å². The molecule has 6 aromatic rings. The molecule has 0 aliphatic carbocycles. The van der Waals surface area contributed by atoms with E-state index >= 15 is 0 Å². The first-order valence-electron chi connectivity index (χ1n) is 10.9. The molecule has 162 valence electrons. The molecule has 6 rings (SSSR count). The van der Waals surface area contributed by atoms with E-state index in [4.69, 9.17) is 9.15 Å². The number of aromatic nitrogens is 2. The van der Waals surface area contributed by atoms with Crippen molar-refractivity contribution in [3.63, 3.8) is 0 Å². The van der Waals surface area contributed by atoms with Crippen molar-refractivity contribution >= 4 is 32.8 Å². The maximum Gasteiger partial charge on any atom is 0.244 e. The maximum absolute atomic E-state index is 13.8. The van der Waals surface area contributed by atoms with Gasteiger partial charge in [-0.15, -0.1) is 0 Å². The Balaban J connectivity index is 1.47. The number of fused-ring (bicyclic) bond motifs is 4. The Labute approximate surface area is 189 Å². The van der Waals surface area contributed by atoms with Crippen molar-refractivity contribution in [1.29, 1.82) is 0 Å². The molecule has 0 radical (unpaired) electrons. The minimum Gasteiger partial charge on any atom is -0.456 e. The predicted octanol–water partition coefficient (Wildman–Crippen LogP) is 7.53. The zero-order valence-electron chi connectivity index (χ0n) is 18.3. The molecular formula is C28H21FN2O2. The summed E-state index contributed by atoms with van der Waals surface area (Å²) in [6.07, 6.45) is 1.77. The van der Waals surface area contributed by atoms with Crippen molar-refractivity contribution in [1.82, 2.24) is 9.55 Å². The molecule has 0 bridgehead atoms. The Morgan fingerprint density at radius 1 is 0.879 bits per heavy atom. The van der Waals surface area contributed by atoms with Gasteiger partial charge in [0.05, 0.1) is 0 Å². The molecule has 3 aromatic carbocycles. The molecule has 5 heteroatoms. The number of rotatable bonds is 4. The first-order chi connectivity index (χ1) is 16.1. The molecule has 0 aliphatic rings. The van der Waals surface area contributed by atoms with Gasteiger partial charge in [-0.25, -0.2) is 9.37 Å². The lowest BCUT2D eigenvalue weighted by atomic mass is 10.1. The molecule has 33 heavy (non-hydrogen) atoms. The Kier molecular flexibility index (Phi) is 4.44. The van der Waals surface area contributed by atoms with Crippen LogP contribution in [-0.4, -0.2) is 9.55 Å². The molecule has 0 saturated carbocycles. The van der Waals surface area contributed by atoms with E-state index in [0.29, 0.717) is 18.2 Å². The smallest absolute Gasteiger partial charge is 0.244 e. The van der Waals surface area contributed by atoms with Crippen LogP contribution in [0.5, 0.6) is 11.6 Å². The van der Waals surface area contributed by atoms with Gasteiger partial charge in [0.2, 0.25) is 5.88 Å². The van der Waals surface area contributed by atoms with E-state index < -0.39 is 0 Å². The van der Waals surface area contributed by atoms with E-state index in [1.165, 1.54) is 6.07 Å². The van der Waals surface area contributed by atoms with Crippen LogP contribution in [0.1, 0.15) is 16.8 Å². The number of pyridine rings is 1. The number of furan rings is 1. The summed E-state index contributed by atoms with van der Waals surface area (Å²) in [6.45, 7) is 4.69. The van der Waals surface area contributed by atoms with Crippen LogP contribution >= 0.6 is 0 Å². The average Bonchev–Trinajstić information content (AvgIpc) is 3.30. The zero-order valence-corrected chi connectivity index (χ0v) is 18.3. The fraction of sp³-hybridized carbons (Fsp3) is 0.107. The van der Waals surface area contributed by atoms with Crippen molar-refractivity contribution in [2.75, 3.05) is 0 Å². The third kappa shape index (κ3) is 3.24. The summed E-state index contributed by atoms with van der Waals surface area (Å²) < 4.78 is 28.2. The number of nitrogens with zero attached hydrogens (tertiary/aromatic N) is 2. The largest absolute Gasteiger partial charge is 0.456 e. The van der Waals surface area contributed by atoms with Crippen LogP contribution in [0.3, 0.4) is 0 Å². The van der Waals surface area contributed by atoms with Crippen LogP contribution < -0.4 is 4.74 Å². The molecule has 3 heterocycles. The number of benzene rings is 3. The van der Waals surface area contributed by atoms with Gasteiger partial charge in [-0.1, -0.05) is 30.3 Å². The highest BCUT2D eigenvalue weighted by molar-refractivity contribution is 6.05. The zero-order chi connectivity index (χ0) is 22.5. The van der Waals surface area contributed by atoms with Crippen LogP contribution in [0.15, 0.2) is 83.4 Å². The van der Waals surface area contributed by atoms with Gasteiger partial charge in [0, 0.05) is 34.6 Å². The Morgan fingerprint density at radius 2 is 1.73 bits per heavy atom. The lowest BCUT2D eigenvalue weighted by molar-refractivity contribution is 0.466. The van der Waals surface area contributed by atoms with Crippen LogP contribution in [0.25, 0.3) is 32.8 Å². The third-order valence-electron chi connectivity index (χ3n) is 6.30. The highest BCUT2D eigenvalue weighted by Gasteiger charge is 2.18. The van der Waals surface area contributed by atoms with Gasteiger partial charge in [-0.3, -0.25) is 0 Å². The summed E-state index contributed by atoms with van der Waals surface area (Å²) in [5.41, 5.74) is 5.70. The molecular weight excluding hydrogens is 415 g/mol. The number of hydrogen-bond donors (Lipinski definition) is 0. The van der Waals surface area contributed by atoms with E-state index in [0.717, 1.165) is 49.7 Å². The van der Waals surface area contributed by atoms with Gasteiger partial charge >= 0.3 is 0 Å². The molecule has 0 N–H and O–H groups in total. The van der Waals surface area contributed by atoms with Gasteiger partial charge in [0.15, 0.2) is 0 Å². The summed E-state index contributed by atoms with van der Waals surface area (Å²) in [7, 11) is 0. The number of hydrogen-bond acceptors (Lipinski definition) is 3. The first kappa shape index (κ1) is 19.6. The van der Waals surface area contributed by atoms with E-state index in [1.807, 2.05) is 54.6 Å². The van der Waals surface area contributed by atoms with Crippen LogP contribution in [0.4, 0.5) is 4.39 Å². The summed E-state index contributed by atoms with van der Waals surface area (Å²) in [4.78, 5) is 4.57. The van der Waals surface area contributed by atoms with Gasteiger partial charge < -0.3 is 13.7 Å². The van der Waals surface area contributed by atoms with Crippen molar-refractivity contribution in [3.8, 4) is 11.6 Å². The number of halogens is 1. The fourth-order valence-corrected chi connectivity index (χ4v) is 4.53. The number of para-hydroxylation sites is 1. The van der Waals surface area contributed by atoms with Gasteiger partial charge in [0.1, 0.15) is 28.2 Å². The highest BCUT2D eigenvalue weighted by Crippen LogP contribution is 2.36. The van der Waals surface area contributed by atoms with E-state index in [2.05, 4.69) is 23.4 Å². The monoisotopic (exact) mass is 436 g/mol. The van der Waals surface area contributed by atoms with E-state index in [9.17, 15) is 4.39 Å². The van der Waals surface area contributed by atoms with Crippen molar-refractivity contribution in [2.45, 2.75) is 20.4 Å². The van der Waals surface area contributed by atoms with E-state index in [-0.39, 0.29) is 5.82 Å². The Hall–Kier alpha value is -4.12. The second-order valence-electron chi connectivity index (χ2n) is 8.30. The number of ether oxygens (including phenoxy) is 1. The lowest BCUT2D eigenvalue weighted by Crippen LogP contribution is -2.04. The lowest BCUT2D eigenvalue weighted by Gasteiger charge is -2.12. The summed E-state index contributed by atoms with van der Waals surface area (Å²) in [5, 5.41) is 3.12. The van der Waals surface area contributed by atoms with E-state index in [1.54, 1.807) is 18.3 Å². The third-order valence-corrected chi connectivity index (χ3v) is 6.30. The second-order valence-corrected chi connectivity index (χ2v) is 8.30. The van der Waals surface area contributed by atoms with Crippen molar-refractivity contribution in [2.24, 2.45) is 0 Å². The van der Waals surface area contributed by atoms with Crippen LogP contribution in [0.2, 0.25) is 0 Å². The fourth-order valence-electron chi connectivity index (χ4n) is 4.53. The van der Waals surface area contributed by atoms with Crippen LogP contribution in [-0.2, 0) is 6.54 Å². The molecule has 0 atom stereocenters. The topological polar surface area (TPSA) is 40.2 Å². The minimum absolute atomic E-state index is 0.242. The predicted molar refractivity (Wildman–Crippen MR) is 129 cm³/mol. The molecule has 0 fully saturated rings. The number of aryl methyl sites for hydroxylation is 1. The SMILES string of the molecule is Cc1c(C)n(Cc2cccc(F)c2)c2c(Oc3ccc4oc5ccccc5c4c3)nccc12. The minimum atomic E-state index is -0.242. The molecule has 3 aromatic heterocycles. The molecule has 0 spiro atoms. The van der Waals surface area contributed by atoms with Crippen LogP contribution in [0, 0.1) is 19.7 Å². The van der Waals surface area contributed by atoms with Crippen molar-refractivity contribution in [3.05, 3.63) is 102 Å². The molecule has 0 amide bonds. The van der Waals surface area contributed by atoms with Gasteiger partial charge in [-0.2, -0.15) is 0 Å². The molecule has 0 saturated heterocycles. The van der Waals surface area contributed by atoms with Gasteiger partial charge in [0.25, 0.3) is 0 Å². The van der Waals surface area contributed by atoms with Crippen molar-refractivity contribution < 1.29 is 13.5 Å². The molecule has 4 nitrogen and oxygen atoms in total. The normalized spacial score (nSPS) is 11.6. The summed E-state index contributed by atoms with van der Waals surface area (Å²) in [6, 6.07) is 22.5. The quantitative estimate of drug-likeness (QED) is 0.287. The Morgan fingerprint density at radius 3 is 2.61 bits per heavy atom. The second kappa shape index (κ2) is 7.48. The molecule has 0 unspecified atom stereocenters. The average molecular weight is 436 g/mol. The highest BCUT2D eigenvalue weighted by atomic mass is 19.1. The maximum atomic E-state index is 13.8. The first-order valence-corrected chi connectivity index (χ1v) is 10.9. The summed E-state index contributed by atoms with van der Waals surface area (Å²) in [5.74, 6) is 0.962. The standard InChI is InChI=1S/C28H21FN2O2/c1-17-18(2)31(16-19-6-5-7-20(29)14-19)27-22(17)12-13-30-28(27)32-21-10-11-26-24(15-21)23-8-3-4-9-25(23)33-26/h3-15H,16H2,1-2H3. The summed E-state index contributed by atoms with van der Waals surface area (Å²) >= 11 is 0. The molecule has 0 aliphatic heterocycles. The Bertz CT molecular complexity index is 1660.